The van der Waals surface area contributed by atoms with Crippen LogP contribution in [0.2, 0.25) is 0 Å². The van der Waals surface area contributed by atoms with Crippen LogP contribution in [0.1, 0.15) is 0 Å². The van der Waals surface area contributed by atoms with Gasteiger partial charge in [0.25, 0.3) is 0 Å². The number of nitrogens with zero attached hydrogens (tertiary/aromatic N) is 5. The van der Waals surface area contributed by atoms with Crippen LogP contribution < -0.4 is 0 Å². The van der Waals surface area contributed by atoms with E-state index in [1.165, 1.54) is 0 Å². The molecule has 74 valence electrons. The molecule has 1 aliphatic heterocycles. The van der Waals surface area contributed by atoms with Crippen molar-refractivity contribution >= 4 is 32.7 Å². The first-order valence-corrected chi connectivity index (χ1v) is 5.61. The topological polar surface area (TPSA) is 43.6 Å². The highest BCUT2D eigenvalue weighted by Gasteiger charge is 2.11. The van der Waals surface area contributed by atoms with Gasteiger partial charge in [-0.1, -0.05) is 0 Å². The highest BCUT2D eigenvalue weighted by molar-refractivity contribution is 8.09. The molecule has 0 aromatic heterocycles. The molecule has 1 heterocycles. The Labute approximate surface area is 84.8 Å². The molecule has 0 aromatic carbocycles. The summed E-state index contributed by atoms with van der Waals surface area (Å²) in [7, 11) is 12.5. The zero-order chi connectivity index (χ0) is 10.0. The van der Waals surface area contributed by atoms with Crippen LogP contribution in [0.15, 0.2) is 13.8 Å². The average molecular weight is 222 g/mol. The number of halogens is 1. The van der Waals surface area contributed by atoms with E-state index in [0.29, 0.717) is 11.9 Å². The molecule has 5 nitrogen and oxygen atoms in total. The molecule has 0 spiro atoms. The molecule has 0 aromatic rings. The fourth-order valence-electron chi connectivity index (χ4n) is 0.649. The molecule has 7 heteroatoms. The normalized spacial score (nSPS) is 21.5. The third-order valence-electron chi connectivity index (χ3n) is 1.31. The van der Waals surface area contributed by atoms with E-state index < -0.39 is 10.1 Å². The third-order valence-corrected chi connectivity index (χ3v) is 2.36. The van der Waals surface area contributed by atoms with Crippen molar-refractivity contribution in [1.82, 2.24) is 9.80 Å². The molecular formula is C6H12ClN5S. The Hall–Kier alpha value is -0.620. The maximum absolute atomic E-state index is 5.83. The lowest BCUT2D eigenvalue weighted by Gasteiger charge is -2.18. The van der Waals surface area contributed by atoms with E-state index in [-0.39, 0.29) is 0 Å². The van der Waals surface area contributed by atoms with Gasteiger partial charge in [-0.25, -0.2) is 0 Å². The molecule has 0 radical (unpaired) electrons. The van der Waals surface area contributed by atoms with Gasteiger partial charge in [-0.2, -0.15) is 13.8 Å². The summed E-state index contributed by atoms with van der Waals surface area (Å²) in [6.07, 6.45) is 0. The number of aliphatic imine (C=N–C) groups is 1. The van der Waals surface area contributed by atoms with E-state index in [2.05, 4.69) is 13.8 Å². The van der Waals surface area contributed by atoms with Gasteiger partial charge in [0.05, 0.1) is 0 Å². The number of hydrogen-bond donors (Lipinski definition) is 0. The highest BCUT2D eigenvalue weighted by Crippen LogP contribution is 2.08. The Bertz CT molecular complexity index is 285. The van der Waals surface area contributed by atoms with Crippen LogP contribution in [-0.2, 0) is 10.1 Å². The summed E-state index contributed by atoms with van der Waals surface area (Å²) >= 11 is 0. The van der Waals surface area contributed by atoms with Crippen LogP contribution in [0.3, 0.4) is 0 Å². The molecule has 0 aliphatic carbocycles. The molecule has 0 saturated carbocycles. The van der Waals surface area contributed by atoms with Gasteiger partial charge in [0, 0.05) is 28.2 Å². The van der Waals surface area contributed by atoms with Crippen molar-refractivity contribution in [3.8, 4) is 0 Å². The first-order valence-electron chi connectivity index (χ1n) is 3.65. The highest BCUT2D eigenvalue weighted by atomic mass is 35.7. The molecule has 1 atom stereocenters. The molecular weight excluding hydrogens is 210 g/mol. The van der Waals surface area contributed by atoms with Crippen molar-refractivity contribution in [2.75, 3.05) is 28.2 Å². The lowest BCUT2D eigenvalue weighted by molar-refractivity contribution is 0.596. The Kier molecular flexibility index (Phi) is 3.27. The van der Waals surface area contributed by atoms with E-state index in [0.717, 1.165) is 0 Å². The van der Waals surface area contributed by atoms with Gasteiger partial charge >= 0.3 is 0 Å². The molecule has 1 aliphatic rings. The summed E-state index contributed by atoms with van der Waals surface area (Å²) in [5, 5.41) is 0. The van der Waals surface area contributed by atoms with E-state index >= 15 is 0 Å². The van der Waals surface area contributed by atoms with Gasteiger partial charge in [0.15, 0.2) is 0 Å². The van der Waals surface area contributed by atoms with E-state index in [1.54, 1.807) is 9.80 Å². The predicted octanol–water partition coefficient (Wildman–Crippen LogP) is 0.706. The molecule has 13 heavy (non-hydrogen) atoms. The summed E-state index contributed by atoms with van der Waals surface area (Å²) in [4.78, 5) is 7.82. The Balaban J connectivity index is 2.98. The molecule has 0 N–H and O–H groups in total. The lowest BCUT2D eigenvalue weighted by Crippen LogP contribution is -2.29. The Morgan fingerprint density at radius 1 is 1.08 bits per heavy atom. The minimum Gasteiger partial charge on any atom is -0.346 e. The standard InChI is InChI=1S/C6H12ClN5S/c1-11(2)5-8-6(12(3)4)10-13(7)9-5/h1-4H3. The fraction of sp³-hybridized carbons (Fsp3) is 0.667. The first-order chi connectivity index (χ1) is 6.00. The van der Waals surface area contributed by atoms with E-state index in [4.69, 9.17) is 10.7 Å². The summed E-state index contributed by atoms with van der Waals surface area (Å²) < 4.78 is 8.14. The Morgan fingerprint density at radius 3 is 2.08 bits per heavy atom. The largest absolute Gasteiger partial charge is 0.346 e. The summed E-state index contributed by atoms with van der Waals surface area (Å²) in [6, 6.07) is 0. The van der Waals surface area contributed by atoms with Crippen LogP contribution in [0, 0.1) is 0 Å². The minimum atomic E-state index is -0.820. The molecule has 1 rings (SSSR count). The van der Waals surface area contributed by atoms with Gasteiger partial charge in [-0.05, 0) is 10.7 Å². The number of rotatable bonds is 0. The van der Waals surface area contributed by atoms with E-state index in [1.807, 2.05) is 28.2 Å². The van der Waals surface area contributed by atoms with Crippen LogP contribution in [0.25, 0.3) is 0 Å². The predicted molar refractivity (Wildman–Crippen MR) is 57.9 cm³/mol. The van der Waals surface area contributed by atoms with Crippen LogP contribution in [0.4, 0.5) is 0 Å². The number of guanidine groups is 2. The average Bonchev–Trinajstić information content (AvgIpc) is 2.03. The van der Waals surface area contributed by atoms with Crippen molar-refractivity contribution in [1.29, 1.82) is 0 Å². The molecule has 0 fully saturated rings. The van der Waals surface area contributed by atoms with Crippen molar-refractivity contribution in [3.05, 3.63) is 0 Å². The monoisotopic (exact) mass is 221 g/mol. The lowest BCUT2D eigenvalue weighted by atomic mass is 10.7. The second-order valence-corrected chi connectivity index (χ2v) is 4.54. The third kappa shape index (κ3) is 2.67. The maximum Gasteiger partial charge on any atom is 0.237 e. The van der Waals surface area contributed by atoms with Gasteiger partial charge in [0.2, 0.25) is 11.9 Å². The second-order valence-electron chi connectivity index (χ2n) is 2.90. The quantitative estimate of drug-likeness (QED) is 0.605. The van der Waals surface area contributed by atoms with Crippen LogP contribution in [-0.4, -0.2) is 49.9 Å². The van der Waals surface area contributed by atoms with Crippen molar-refractivity contribution in [3.63, 3.8) is 0 Å². The van der Waals surface area contributed by atoms with Gasteiger partial charge in [0.1, 0.15) is 10.1 Å². The zero-order valence-electron chi connectivity index (χ0n) is 8.02. The zero-order valence-corrected chi connectivity index (χ0v) is 9.59. The van der Waals surface area contributed by atoms with Gasteiger partial charge in [-0.3, -0.25) is 0 Å². The van der Waals surface area contributed by atoms with Crippen molar-refractivity contribution in [2.24, 2.45) is 13.8 Å². The molecule has 0 saturated heterocycles. The van der Waals surface area contributed by atoms with Crippen molar-refractivity contribution < 1.29 is 0 Å². The second kappa shape index (κ2) is 4.06. The van der Waals surface area contributed by atoms with Crippen molar-refractivity contribution in [2.45, 2.75) is 0 Å². The van der Waals surface area contributed by atoms with Crippen LogP contribution in [0.5, 0.6) is 0 Å². The van der Waals surface area contributed by atoms with E-state index in [9.17, 15) is 0 Å². The molecule has 0 bridgehead atoms. The minimum absolute atomic E-state index is 0.608. The Morgan fingerprint density at radius 2 is 1.62 bits per heavy atom. The maximum atomic E-state index is 5.83. The number of hydrogen-bond acceptors (Lipinski definition) is 5. The van der Waals surface area contributed by atoms with Gasteiger partial charge in [-0.15, -0.1) is 0 Å². The SMILES string of the molecule is CN(C)C1=NC(N(C)C)=NS(Cl)=N1. The summed E-state index contributed by atoms with van der Waals surface area (Å²) in [5.41, 5.74) is 0. The summed E-state index contributed by atoms with van der Waals surface area (Å²) in [6.45, 7) is 0. The molecule has 0 amide bonds. The van der Waals surface area contributed by atoms with Crippen LogP contribution >= 0.6 is 10.7 Å². The molecule has 1 unspecified atom stereocenters. The van der Waals surface area contributed by atoms with Gasteiger partial charge < -0.3 is 9.80 Å². The smallest absolute Gasteiger partial charge is 0.237 e. The summed E-state index contributed by atoms with van der Waals surface area (Å²) in [5.74, 6) is 1.22. The first kappa shape index (κ1) is 10.5. The fourth-order valence-corrected chi connectivity index (χ4v) is 1.74.